The van der Waals surface area contributed by atoms with Gasteiger partial charge in [-0.3, -0.25) is 4.99 Å². The van der Waals surface area contributed by atoms with Crippen LogP contribution in [0.3, 0.4) is 0 Å². The highest BCUT2D eigenvalue weighted by Crippen LogP contribution is 2.32. The van der Waals surface area contributed by atoms with Crippen LogP contribution in [-0.2, 0) is 6.42 Å². The Kier molecular flexibility index (Phi) is 7.15. The molecule has 0 aliphatic rings. The fourth-order valence-electron chi connectivity index (χ4n) is 3.24. The van der Waals surface area contributed by atoms with Gasteiger partial charge in [0, 0.05) is 17.8 Å². The molecule has 2 aromatic carbocycles. The molecule has 1 atom stereocenters. The monoisotopic (exact) mass is 345 g/mol. The zero-order valence-electron chi connectivity index (χ0n) is 16.8. The van der Waals surface area contributed by atoms with Crippen LogP contribution in [0, 0.1) is 6.92 Å². The molecular formula is C25H31N. The normalized spacial score (nSPS) is 13.2. The number of rotatable bonds is 7. The number of allylic oxidation sites excluding steroid dienone is 2. The van der Waals surface area contributed by atoms with Crippen LogP contribution in [-0.4, -0.2) is 5.71 Å². The third-order valence-corrected chi connectivity index (χ3v) is 5.00. The summed E-state index contributed by atoms with van der Waals surface area (Å²) in [4.78, 5) is 4.58. The van der Waals surface area contributed by atoms with Crippen molar-refractivity contribution in [3.8, 4) is 0 Å². The van der Waals surface area contributed by atoms with E-state index in [0.717, 1.165) is 24.1 Å². The second-order valence-electron chi connectivity index (χ2n) is 6.79. The van der Waals surface area contributed by atoms with Gasteiger partial charge in [0.05, 0.1) is 0 Å². The SMILES string of the molecule is C=C(c1ccc(C(CC)=N/C=C\C)c(C)c1)C(C)c1cccc(CC)c1. The van der Waals surface area contributed by atoms with Crippen LogP contribution in [0.5, 0.6) is 0 Å². The Morgan fingerprint density at radius 1 is 1.15 bits per heavy atom. The van der Waals surface area contributed by atoms with Crippen LogP contribution >= 0.6 is 0 Å². The van der Waals surface area contributed by atoms with Crippen LogP contribution in [0.15, 0.2) is 66.3 Å². The summed E-state index contributed by atoms with van der Waals surface area (Å²) in [5.74, 6) is 0.300. The predicted octanol–water partition coefficient (Wildman–Crippen LogP) is 7.11. The number of hydrogen-bond donors (Lipinski definition) is 0. The molecule has 0 aromatic heterocycles. The first-order valence-corrected chi connectivity index (χ1v) is 9.58. The fraction of sp³-hybridized carbons (Fsp3) is 0.320. The summed E-state index contributed by atoms with van der Waals surface area (Å²) < 4.78 is 0. The molecule has 0 radical (unpaired) electrons. The molecule has 0 aliphatic heterocycles. The van der Waals surface area contributed by atoms with E-state index >= 15 is 0 Å². The van der Waals surface area contributed by atoms with Gasteiger partial charge < -0.3 is 0 Å². The lowest BCUT2D eigenvalue weighted by Crippen LogP contribution is -2.03. The van der Waals surface area contributed by atoms with Gasteiger partial charge in [0.1, 0.15) is 0 Å². The van der Waals surface area contributed by atoms with E-state index in [1.165, 1.54) is 27.8 Å². The smallest absolute Gasteiger partial charge is 0.0475 e. The molecule has 2 rings (SSSR count). The van der Waals surface area contributed by atoms with E-state index in [-0.39, 0.29) is 0 Å². The highest BCUT2D eigenvalue weighted by atomic mass is 14.7. The van der Waals surface area contributed by atoms with E-state index in [1.54, 1.807) is 0 Å². The average Bonchev–Trinajstić information content (AvgIpc) is 2.68. The predicted molar refractivity (Wildman–Crippen MR) is 116 cm³/mol. The minimum Gasteiger partial charge on any atom is -0.261 e. The first kappa shape index (κ1) is 19.9. The molecule has 0 N–H and O–H groups in total. The molecule has 0 aliphatic carbocycles. The van der Waals surface area contributed by atoms with E-state index in [2.05, 4.69) is 81.7 Å². The summed E-state index contributed by atoms with van der Waals surface area (Å²) >= 11 is 0. The van der Waals surface area contributed by atoms with Crippen LogP contribution in [0.2, 0.25) is 0 Å². The molecular weight excluding hydrogens is 314 g/mol. The van der Waals surface area contributed by atoms with Crippen molar-refractivity contribution in [2.75, 3.05) is 0 Å². The van der Waals surface area contributed by atoms with Gasteiger partial charge in [0.15, 0.2) is 0 Å². The van der Waals surface area contributed by atoms with Gasteiger partial charge in [0.2, 0.25) is 0 Å². The summed E-state index contributed by atoms with van der Waals surface area (Å²) in [6.45, 7) is 15.1. The Morgan fingerprint density at radius 2 is 1.92 bits per heavy atom. The van der Waals surface area contributed by atoms with Gasteiger partial charge in [-0.25, -0.2) is 0 Å². The Bertz CT molecular complexity index is 824. The second kappa shape index (κ2) is 9.33. The quantitative estimate of drug-likeness (QED) is 0.474. The number of nitrogens with zero attached hydrogens (tertiary/aromatic N) is 1. The van der Waals surface area contributed by atoms with Crippen molar-refractivity contribution in [3.05, 3.63) is 89.1 Å². The zero-order valence-corrected chi connectivity index (χ0v) is 16.8. The molecule has 136 valence electrons. The molecule has 0 fully saturated rings. The van der Waals surface area contributed by atoms with Gasteiger partial charge in [-0.1, -0.05) is 75.9 Å². The third-order valence-electron chi connectivity index (χ3n) is 5.00. The molecule has 0 bridgehead atoms. The highest BCUT2D eigenvalue weighted by Gasteiger charge is 2.14. The summed E-state index contributed by atoms with van der Waals surface area (Å²) in [7, 11) is 0. The largest absolute Gasteiger partial charge is 0.261 e. The van der Waals surface area contributed by atoms with E-state index in [9.17, 15) is 0 Å². The molecule has 1 unspecified atom stereocenters. The molecule has 1 nitrogen and oxygen atoms in total. The molecule has 0 spiro atoms. The molecule has 1 heteroatoms. The first-order valence-electron chi connectivity index (χ1n) is 9.58. The minimum atomic E-state index is 0.300. The van der Waals surface area contributed by atoms with Crippen molar-refractivity contribution >= 4 is 11.3 Å². The van der Waals surface area contributed by atoms with Crippen molar-refractivity contribution in [1.29, 1.82) is 0 Å². The topological polar surface area (TPSA) is 12.4 Å². The third kappa shape index (κ3) is 4.60. The van der Waals surface area contributed by atoms with Crippen LogP contribution in [0.4, 0.5) is 0 Å². The van der Waals surface area contributed by atoms with Crippen molar-refractivity contribution in [3.63, 3.8) is 0 Å². The van der Waals surface area contributed by atoms with Crippen molar-refractivity contribution in [2.45, 2.75) is 53.4 Å². The van der Waals surface area contributed by atoms with E-state index < -0.39 is 0 Å². The average molecular weight is 346 g/mol. The van der Waals surface area contributed by atoms with Crippen molar-refractivity contribution < 1.29 is 0 Å². The van der Waals surface area contributed by atoms with E-state index in [4.69, 9.17) is 0 Å². The Morgan fingerprint density at radius 3 is 2.54 bits per heavy atom. The number of aryl methyl sites for hydroxylation is 2. The number of benzene rings is 2. The zero-order chi connectivity index (χ0) is 19.1. The number of hydrogen-bond acceptors (Lipinski definition) is 1. The molecule has 0 saturated heterocycles. The van der Waals surface area contributed by atoms with E-state index in [1.807, 2.05) is 19.2 Å². The highest BCUT2D eigenvalue weighted by molar-refractivity contribution is 6.02. The van der Waals surface area contributed by atoms with Gasteiger partial charge in [-0.2, -0.15) is 0 Å². The Balaban J connectivity index is 2.31. The lowest BCUT2D eigenvalue weighted by atomic mass is 9.87. The minimum absolute atomic E-state index is 0.300. The van der Waals surface area contributed by atoms with Gasteiger partial charge in [0.25, 0.3) is 0 Å². The summed E-state index contributed by atoms with van der Waals surface area (Å²) in [6.07, 6.45) is 5.82. The maximum absolute atomic E-state index is 4.58. The maximum Gasteiger partial charge on any atom is 0.0475 e. The summed E-state index contributed by atoms with van der Waals surface area (Å²) in [5.41, 5.74) is 8.69. The van der Waals surface area contributed by atoms with E-state index in [0.29, 0.717) is 5.92 Å². The first-order chi connectivity index (χ1) is 12.5. The Hall–Kier alpha value is -2.41. The second-order valence-corrected chi connectivity index (χ2v) is 6.79. The van der Waals surface area contributed by atoms with Gasteiger partial charge in [-0.05, 0) is 60.1 Å². The summed E-state index contributed by atoms with van der Waals surface area (Å²) in [5, 5.41) is 0. The standard InChI is InChI=1S/C25H31N/c1-7-15-26-25(9-3)24-14-13-23(16-18(24)4)20(6)19(5)22-12-10-11-21(8-2)17-22/h7,10-17,19H,6,8-9H2,1-5H3/b15-7-,26-25?. The fourth-order valence-corrected chi connectivity index (χ4v) is 3.24. The van der Waals surface area contributed by atoms with Gasteiger partial charge in [-0.15, -0.1) is 0 Å². The van der Waals surface area contributed by atoms with Crippen molar-refractivity contribution in [2.24, 2.45) is 4.99 Å². The van der Waals surface area contributed by atoms with Crippen LogP contribution in [0.1, 0.15) is 67.9 Å². The number of aliphatic imine (C=N–C) groups is 1. The molecule has 0 amide bonds. The summed E-state index contributed by atoms with van der Waals surface area (Å²) in [6, 6.07) is 15.5. The Labute approximate surface area is 159 Å². The molecule has 0 heterocycles. The van der Waals surface area contributed by atoms with Crippen molar-refractivity contribution in [1.82, 2.24) is 0 Å². The molecule has 2 aromatic rings. The lowest BCUT2D eigenvalue weighted by Gasteiger charge is -2.18. The molecule has 26 heavy (non-hydrogen) atoms. The maximum atomic E-state index is 4.58. The lowest BCUT2D eigenvalue weighted by molar-refractivity contribution is 0.980. The van der Waals surface area contributed by atoms with Gasteiger partial charge >= 0.3 is 0 Å². The van der Waals surface area contributed by atoms with Crippen LogP contribution < -0.4 is 0 Å². The molecule has 0 saturated carbocycles. The van der Waals surface area contributed by atoms with Crippen LogP contribution in [0.25, 0.3) is 5.57 Å².